The summed E-state index contributed by atoms with van der Waals surface area (Å²) in [6.07, 6.45) is 3.89. The Morgan fingerprint density at radius 1 is 1.13 bits per heavy atom. The van der Waals surface area contributed by atoms with Gasteiger partial charge in [0.1, 0.15) is 6.04 Å². The largest absolute Gasteiger partial charge is 0.412 e. The fourth-order valence-corrected chi connectivity index (χ4v) is 4.20. The molecular formula is C24H30N4O2Si. The van der Waals surface area contributed by atoms with Crippen LogP contribution in [0.2, 0.25) is 18.1 Å². The molecule has 1 heterocycles. The van der Waals surface area contributed by atoms with Crippen LogP contribution in [0.3, 0.4) is 0 Å². The van der Waals surface area contributed by atoms with Crippen molar-refractivity contribution in [2.45, 2.75) is 57.6 Å². The van der Waals surface area contributed by atoms with E-state index in [9.17, 15) is 4.79 Å². The van der Waals surface area contributed by atoms with Crippen molar-refractivity contribution in [1.82, 2.24) is 0 Å². The zero-order valence-corrected chi connectivity index (χ0v) is 19.8. The Labute approximate surface area is 185 Å². The van der Waals surface area contributed by atoms with Crippen LogP contribution in [0.25, 0.3) is 16.5 Å². The Morgan fingerprint density at radius 2 is 1.77 bits per heavy atom. The molecule has 1 amide bonds. The van der Waals surface area contributed by atoms with Gasteiger partial charge in [-0.1, -0.05) is 86.6 Å². The van der Waals surface area contributed by atoms with Crippen LogP contribution < -0.4 is 4.90 Å². The van der Waals surface area contributed by atoms with E-state index in [0.717, 1.165) is 16.8 Å². The van der Waals surface area contributed by atoms with E-state index in [4.69, 9.17) is 9.96 Å². The molecule has 0 spiro atoms. The smallest absolute Gasteiger partial charge is 0.239 e. The predicted octanol–water partition coefficient (Wildman–Crippen LogP) is 6.32. The SMILES string of the molecule is CC(C)(C)[Si](C)(C)OCc1ccccc1N1C(=O)[C@H](N=[N+]=[N-])[C@@H]1/C=C/c1ccccc1. The van der Waals surface area contributed by atoms with Gasteiger partial charge in [0, 0.05) is 16.2 Å². The standard InChI is InChI=1S/C24H30N4O2Si/c1-24(2,3)31(4,5)30-17-19-13-9-10-14-20(19)28-21(22(23(28)29)26-27-25)16-15-18-11-7-6-8-12-18/h6-16,21-22H,17H2,1-5H3/b16-15+/t21-,22+/m0/s1. The van der Waals surface area contributed by atoms with E-state index in [-0.39, 0.29) is 17.0 Å². The Morgan fingerprint density at radius 3 is 2.42 bits per heavy atom. The van der Waals surface area contributed by atoms with Gasteiger partial charge in [0.2, 0.25) is 5.91 Å². The molecule has 1 aliphatic rings. The summed E-state index contributed by atoms with van der Waals surface area (Å²) < 4.78 is 6.41. The van der Waals surface area contributed by atoms with Crippen LogP contribution in [0.4, 0.5) is 5.69 Å². The maximum atomic E-state index is 12.9. The fourth-order valence-electron chi connectivity index (χ4n) is 3.25. The molecule has 0 aromatic heterocycles. The summed E-state index contributed by atoms with van der Waals surface area (Å²) in [6.45, 7) is 11.5. The van der Waals surface area contributed by atoms with Gasteiger partial charge in [-0.15, -0.1) is 0 Å². The van der Waals surface area contributed by atoms with Gasteiger partial charge in [-0.3, -0.25) is 4.79 Å². The zero-order chi connectivity index (χ0) is 22.6. The Balaban J connectivity index is 1.89. The van der Waals surface area contributed by atoms with E-state index < -0.39 is 14.4 Å². The summed E-state index contributed by atoms with van der Waals surface area (Å²) in [5.74, 6) is -0.194. The molecule has 2 aromatic rings. The fraction of sp³-hybridized carbons (Fsp3) is 0.375. The minimum absolute atomic E-state index is 0.0993. The molecule has 0 N–H and O–H groups in total. The van der Waals surface area contributed by atoms with Gasteiger partial charge in [-0.25, -0.2) is 0 Å². The van der Waals surface area contributed by atoms with Crippen LogP contribution in [0.15, 0.2) is 65.8 Å². The van der Waals surface area contributed by atoms with Crippen LogP contribution in [-0.2, 0) is 15.8 Å². The molecule has 1 fully saturated rings. The second-order valence-electron chi connectivity index (χ2n) is 9.30. The third kappa shape index (κ3) is 4.90. The minimum Gasteiger partial charge on any atom is -0.412 e. The number of amides is 1. The molecule has 162 valence electrons. The second kappa shape index (κ2) is 9.10. The number of anilines is 1. The third-order valence-corrected chi connectivity index (χ3v) is 10.7. The average molecular weight is 435 g/mol. The van der Waals surface area contributed by atoms with E-state index in [2.05, 4.69) is 43.9 Å². The number of azide groups is 1. The van der Waals surface area contributed by atoms with Crippen LogP contribution >= 0.6 is 0 Å². The quantitative estimate of drug-likeness (QED) is 0.168. The highest BCUT2D eigenvalue weighted by atomic mass is 28.4. The summed E-state index contributed by atoms with van der Waals surface area (Å²) in [5.41, 5.74) is 11.7. The van der Waals surface area contributed by atoms with E-state index in [0.29, 0.717) is 6.61 Å². The molecule has 0 unspecified atom stereocenters. The highest BCUT2D eigenvalue weighted by Crippen LogP contribution is 2.39. The summed E-state index contributed by atoms with van der Waals surface area (Å²) in [5, 5.41) is 3.84. The van der Waals surface area contributed by atoms with Gasteiger partial charge in [0.25, 0.3) is 0 Å². The number of carbonyl (C=O) groups is 1. The Bertz CT molecular complexity index is 1010. The highest BCUT2D eigenvalue weighted by molar-refractivity contribution is 6.74. The number of carbonyl (C=O) groups excluding carboxylic acids is 1. The molecule has 0 radical (unpaired) electrons. The first-order valence-electron chi connectivity index (χ1n) is 10.5. The van der Waals surface area contributed by atoms with Gasteiger partial charge in [-0.05, 0) is 35.3 Å². The van der Waals surface area contributed by atoms with Gasteiger partial charge >= 0.3 is 0 Å². The Kier molecular flexibility index (Phi) is 6.70. The van der Waals surface area contributed by atoms with Crippen molar-refractivity contribution >= 4 is 26.0 Å². The average Bonchev–Trinajstić information content (AvgIpc) is 2.73. The van der Waals surface area contributed by atoms with Crippen molar-refractivity contribution in [2.75, 3.05) is 4.90 Å². The van der Waals surface area contributed by atoms with Crippen molar-refractivity contribution in [1.29, 1.82) is 0 Å². The van der Waals surface area contributed by atoms with Crippen molar-refractivity contribution < 1.29 is 9.22 Å². The van der Waals surface area contributed by atoms with E-state index in [1.807, 2.05) is 66.7 Å². The molecule has 3 rings (SSSR count). The number of hydrogen-bond acceptors (Lipinski definition) is 3. The maximum Gasteiger partial charge on any atom is 0.239 e. The lowest BCUT2D eigenvalue weighted by atomic mass is 9.92. The maximum absolute atomic E-state index is 12.9. The Hall–Kier alpha value is -2.86. The van der Waals surface area contributed by atoms with Gasteiger partial charge in [0.05, 0.1) is 12.6 Å². The minimum atomic E-state index is -1.94. The molecule has 2 aromatic carbocycles. The van der Waals surface area contributed by atoms with Crippen molar-refractivity contribution in [3.05, 3.63) is 82.2 Å². The predicted molar refractivity (Wildman–Crippen MR) is 128 cm³/mol. The van der Waals surface area contributed by atoms with Crippen LogP contribution in [0, 0.1) is 0 Å². The molecular weight excluding hydrogens is 404 g/mol. The van der Waals surface area contributed by atoms with Crippen molar-refractivity contribution in [3.8, 4) is 0 Å². The number of para-hydroxylation sites is 1. The van der Waals surface area contributed by atoms with E-state index >= 15 is 0 Å². The van der Waals surface area contributed by atoms with Crippen LogP contribution in [-0.4, -0.2) is 26.3 Å². The van der Waals surface area contributed by atoms with Gasteiger partial charge in [0.15, 0.2) is 8.32 Å². The molecule has 0 bridgehead atoms. The highest BCUT2D eigenvalue weighted by Gasteiger charge is 2.47. The van der Waals surface area contributed by atoms with Gasteiger partial charge in [-0.2, -0.15) is 0 Å². The van der Waals surface area contributed by atoms with Crippen LogP contribution in [0.1, 0.15) is 31.9 Å². The number of β-lactam (4-membered cyclic amide) rings is 1. The lowest BCUT2D eigenvalue weighted by Crippen LogP contribution is -2.63. The lowest BCUT2D eigenvalue weighted by Gasteiger charge is -2.44. The topological polar surface area (TPSA) is 78.3 Å². The van der Waals surface area contributed by atoms with Gasteiger partial charge < -0.3 is 9.33 Å². The third-order valence-electron chi connectivity index (χ3n) is 6.22. The second-order valence-corrected chi connectivity index (χ2v) is 14.1. The molecule has 6 nitrogen and oxygen atoms in total. The molecule has 0 aliphatic carbocycles. The number of benzene rings is 2. The molecule has 31 heavy (non-hydrogen) atoms. The first-order chi connectivity index (χ1) is 14.7. The summed E-state index contributed by atoms with van der Waals surface area (Å²) in [6, 6.07) is 16.6. The molecule has 1 saturated heterocycles. The van der Waals surface area contributed by atoms with Crippen molar-refractivity contribution in [2.24, 2.45) is 5.11 Å². The van der Waals surface area contributed by atoms with E-state index in [1.165, 1.54) is 0 Å². The molecule has 1 aliphatic heterocycles. The first kappa shape index (κ1) is 22.8. The van der Waals surface area contributed by atoms with E-state index in [1.54, 1.807) is 4.90 Å². The molecule has 0 saturated carbocycles. The number of hydrogen-bond donors (Lipinski definition) is 0. The summed E-state index contributed by atoms with van der Waals surface area (Å²) >= 11 is 0. The number of nitrogens with zero attached hydrogens (tertiary/aromatic N) is 4. The van der Waals surface area contributed by atoms with Crippen LogP contribution in [0.5, 0.6) is 0 Å². The lowest BCUT2D eigenvalue weighted by molar-refractivity contribution is -0.125. The number of rotatable bonds is 7. The summed E-state index contributed by atoms with van der Waals surface area (Å²) in [7, 11) is -1.94. The monoisotopic (exact) mass is 434 g/mol. The van der Waals surface area contributed by atoms with Crippen molar-refractivity contribution in [3.63, 3.8) is 0 Å². The molecule has 7 heteroatoms. The zero-order valence-electron chi connectivity index (χ0n) is 18.8. The molecule has 2 atom stereocenters. The normalized spacial score (nSPS) is 19.3. The first-order valence-corrected chi connectivity index (χ1v) is 13.4. The summed E-state index contributed by atoms with van der Waals surface area (Å²) in [4.78, 5) is 17.5.